The molecule has 0 spiro atoms. The van der Waals surface area contributed by atoms with Gasteiger partial charge in [-0.1, -0.05) is 58.5 Å². The lowest BCUT2D eigenvalue weighted by molar-refractivity contribution is -0.137. The molecule has 2 aromatic rings. The van der Waals surface area contributed by atoms with Crippen LogP contribution in [0.3, 0.4) is 0 Å². The zero-order valence-electron chi connectivity index (χ0n) is 9.53. The number of halogens is 7. The quantitative estimate of drug-likeness (QED) is 0.481. The zero-order chi connectivity index (χ0) is 15.1. The molecule has 0 aliphatic rings. The van der Waals surface area contributed by atoms with Crippen LogP contribution in [0, 0.1) is 0 Å². The Labute approximate surface area is 133 Å². The molecule has 2 aromatic carbocycles. The first-order chi connectivity index (χ1) is 9.21. The topological polar surface area (TPSA) is 0 Å². The van der Waals surface area contributed by atoms with Gasteiger partial charge in [0.05, 0.1) is 20.6 Å². The third-order valence-electron chi connectivity index (χ3n) is 2.60. The predicted molar refractivity (Wildman–Crippen MR) is 76.9 cm³/mol. The molecule has 0 aliphatic heterocycles. The predicted octanol–water partition coefficient (Wildman–Crippen LogP) is 6.99. The van der Waals surface area contributed by atoms with Gasteiger partial charge in [0, 0.05) is 10.6 Å². The van der Waals surface area contributed by atoms with Gasteiger partial charge in [-0.05, 0) is 23.8 Å². The molecule has 0 fully saturated rings. The number of hydrogen-bond donors (Lipinski definition) is 0. The Morgan fingerprint density at radius 1 is 0.700 bits per heavy atom. The van der Waals surface area contributed by atoms with Gasteiger partial charge in [0.15, 0.2) is 0 Å². The van der Waals surface area contributed by atoms with Crippen molar-refractivity contribution in [2.45, 2.75) is 6.18 Å². The first-order valence-corrected chi connectivity index (χ1v) is 6.73. The molecule has 0 N–H and O–H groups in total. The highest BCUT2D eigenvalue weighted by Gasteiger charge is 2.36. The van der Waals surface area contributed by atoms with Crippen molar-refractivity contribution < 1.29 is 13.2 Å². The van der Waals surface area contributed by atoms with E-state index in [-0.39, 0.29) is 26.2 Å². The van der Waals surface area contributed by atoms with Crippen LogP contribution in [0.5, 0.6) is 0 Å². The van der Waals surface area contributed by atoms with Crippen LogP contribution in [-0.2, 0) is 6.18 Å². The maximum atomic E-state index is 13.1. The van der Waals surface area contributed by atoms with Gasteiger partial charge >= 0.3 is 6.18 Å². The summed E-state index contributed by atoms with van der Waals surface area (Å²) in [6.45, 7) is 0. The molecule has 2 rings (SSSR count). The second-order valence-electron chi connectivity index (χ2n) is 3.91. The average molecular weight is 360 g/mol. The fourth-order valence-corrected chi connectivity index (χ4v) is 2.70. The third-order valence-corrected chi connectivity index (χ3v) is 3.95. The molecule has 0 saturated heterocycles. The molecule has 7 heteroatoms. The van der Waals surface area contributed by atoms with E-state index in [1.165, 1.54) is 30.3 Å². The average Bonchev–Trinajstić information content (AvgIpc) is 2.32. The van der Waals surface area contributed by atoms with Crippen molar-refractivity contribution in [1.82, 2.24) is 0 Å². The smallest absolute Gasteiger partial charge is 0.166 e. The van der Waals surface area contributed by atoms with E-state index in [9.17, 15) is 13.2 Å². The molecule has 0 heterocycles. The summed E-state index contributed by atoms with van der Waals surface area (Å²) in [6.07, 6.45) is -4.61. The second-order valence-corrected chi connectivity index (χ2v) is 5.54. The van der Waals surface area contributed by atoms with E-state index in [1.807, 2.05) is 0 Å². The van der Waals surface area contributed by atoms with E-state index in [1.54, 1.807) is 0 Å². The van der Waals surface area contributed by atoms with Gasteiger partial charge in [-0.2, -0.15) is 13.2 Å². The van der Waals surface area contributed by atoms with Crippen LogP contribution >= 0.6 is 46.4 Å². The van der Waals surface area contributed by atoms with E-state index in [0.29, 0.717) is 0 Å². The Morgan fingerprint density at radius 3 is 1.90 bits per heavy atom. The van der Waals surface area contributed by atoms with Crippen molar-refractivity contribution in [3.8, 4) is 11.1 Å². The fraction of sp³-hybridized carbons (Fsp3) is 0.0769. The molecule has 0 aromatic heterocycles. The number of alkyl halides is 3. The van der Waals surface area contributed by atoms with Gasteiger partial charge < -0.3 is 0 Å². The molecule has 106 valence electrons. The summed E-state index contributed by atoms with van der Waals surface area (Å²) >= 11 is 23.2. The van der Waals surface area contributed by atoms with E-state index < -0.39 is 16.8 Å². The third kappa shape index (κ3) is 3.01. The number of rotatable bonds is 1. The van der Waals surface area contributed by atoms with Crippen LogP contribution in [0.2, 0.25) is 20.1 Å². The SMILES string of the molecule is FC(F)(F)c1c(Cl)cccc1-c1cc(Cl)c(Cl)cc1Cl. The van der Waals surface area contributed by atoms with Crippen molar-refractivity contribution in [3.05, 3.63) is 56.0 Å². The summed E-state index contributed by atoms with van der Waals surface area (Å²) in [5, 5.41) is -0.0699. The van der Waals surface area contributed by atoms with Crippen LogP contribution in [0.25, 0.3) is 11.1 Å². The van der Waals surface area contributed by atoms with Gasteiger partial charge in [-0.3, -0.25) is 0 Å². The Bertz CT molecular complexity index is 665. The van der Waals surface area contributed by atoms with E-state index in [0.717, 1.165) is 0 Å². The maximum Gasteiger partial charge on any atom is 0.418 e. The summed E-state index contributed by atoms with van der Waals surface area (Å²) in [5.74, 6) is 0. The van der Waals surface area contributed by atoms with Crippen molar-refractivity contribution in [1.29, 1.82) is 0 Å². The minimum atomic E-state index is -4.61. The van der Waals surface area contributed by atoms with E-state index >= 15 is 0 Å². The molecule has 0 bridgehead atoms. The summed E-state index contributed by atoms with van der Waals surface area (Å²) < 4.78 is 39.4. The lowest BCUT2D eigenvalue weighted by atomic mass is 9.99. The number of hydrogen-bond acceptors (Lipinski definition) is 0. The number of benzene rings is 2. The van der Waals surface area contributed by atoms with E-state index in [2.05, 4.69) is 0 Å². The van der Waals surface area contributed by atoms with Crippen molar-refractivity contribution in [2.24, 2.45) is 0 Å². The van der Waals surface area contributed by atoms with Crippen molar-refractivity contribution >= 4 is 46.4 Å². The van der Waals surface area contributed by atoms with Crippen molar-refractivity contribution in [3.63, 3.8) is 0 Å². The van der Waals surface area contributed by atoms with E-state index in [4.69, 9.17) is 46.4 Å². The largest absolute Gasteiger partial charge is 0.418 e. The van der Waals surface area contributed by atoms with Crippen LogP contribution < -0.4 is 0 Å². The summed E-state index contributed by atoms with van der Waals surface area (Å²) in [7, 11) is 0. The zero-order valence-corrected chi connectivity index (χ0v) is 12.6. The molecular weight excluding hydrogens is 355 g/mol. The minimum Gasteiger partial charge on any atom is -0.166 e. The molecule has 0 aliphatic carbocycles. The highest BCUT2D eigenvalue weighted by atomic mass is 35.5. The first kappa shape index (κ1) is 15.8. The van der Waals surface area contributed by atoms with Crippen molar-refractivity contribution in [2.75, 3.05) is 0 Å². The highest BCUT2D eigenvalue weighted by molar-refractivity contribution is 6.44. The fourth-order valence-electron chi connectivity index (χ4n) is 1.77. The summed E-state index contributed by atoms with van der Waals surface area (Å²) in [6, 6.07) is 6.43. The normalized spacial score (nSPS) is 11.8. The lowest BCUT2D eigenvalue weighted by Crippen LogP contribution is -2.08. The second kappa shape index (κ2) is 5.64. The summed E-state index contributed by atoms with van der Waals surface area (Å²) in [5.41, 5.74) is -0.980. The molecule has 0 atom stereocenters. The lowest BCUT2D eigenvalue weighted by Gasteiger charge is -2.16. The summed E-state index contributed by atoms with van der Waals surface area (Å²) in [4.78, 5) is 0. The molecule has 0 saturated carbocycles. The standard InChI is InChI=1S/C13H5Cl4F3/c14-8-3-1-2-6(12(8)13(18,19)20)7-4-10(16)11(17)5-9(7)15/h1-5H. The molecule has 0 amide bonds. The van der Waals surface area contributed by atoms with Gasteiger partial charge in [-0.25, -0.2) is 0 Å². The maximum absolute atomic E-state index is 13.1. The van der Waals surface area contributed by atoms with Crippen LogP contribution in [0.4, 0.5) is 13.2 Å². The van der Waals surface area contributed by atoms with Crippen LogP contribution in [-0.4, -0.2) is 0 Å². The minimum absolute atomic E-state index is 0.0622. The molecule has 0 nitrogen and oxygen atoms in total. The Kier molecular flexibility index (Phi) is 4.45. The molecular formula is C13H5Cl4F3. The molecule has 20 heavy (non-hydrogen) atoms. The first-order valence-electron chi connectivity index (χ1n) is 5.22. The Hall–Kier alpha value is -0.610. The van der Waals surface area contributed by atoms with Gasteiger partial charge in [0.25, 0.3) is 0 Å². The van der Waals surface area contributed by atoms with Gasteiger partial charge in [0.2, 0.25) is 0 Å². The Morgan fingerprint density at radius 2 is 1.30 bits per heavy atom. The van der Waals surface area contributed by atoms with Gasteiger partial charge in [-0.15, -0.1) is 0 Å². The highest BCUT2D eigenvalue weighted by Crippen LogP contribution is 2.44. The van der Waals surface area contributed by atoms with Gasteiger partial charge in [0.1, 0.15) is 0 Å². The monoisotopic (exact) mass is 358 g/mol. The Balaban J connectivity index is 2.77. The molecule has 0 radical (unpaired) electrons. The van der Waals surface area contributed by atoms with Crippen LogP contribution in [0.1, 0.15) is 5.56 Å². The van der Waals surface area contributed by atoms with Crippen LogP contribution in [0.15, 0.2) is 30.3 Å². The molecule has 0 unspecified atom stereocenters.